The lowest BCUT2D eigenvalue weighted by atomic mass is 10.1. The van der Waals surface area contributed by atoms with Crippen molar-refractivity contribution in [1.29, 1.82) is 0 Å². The number of nitrogens with zero attached hydrogens (tertiary/aromatic N) is 5. The molecule has 168 valence electrons. The second-order valence-electron chi connectivity index (χ2n) is 7.52. The molecule has 10 nitrogen and oxygen atoms in total. The lowest BCUT2D eigenvalue weighted by Gasteiger charge is -2.13. The zero-order valence-electron chi connectivity index (χ0n) is 17.9. The maximum absolute atomic E-state index is 13.2. The summed E-state index contributed by atoms with van der Waals surface area (Å²) in [6, 6.07) is 10.00. The minimum absolute atomic E-state index is 0.145. The van der Waals surface area contributed by atoms with Crippen LogP contribution in [0, 0.1) is 6.92 Å². The first-order valence-electron chi connectivity index (χ1n) is 10.2. The lowest BCUT2D eigenvalue weighted by Crippen LogP contribution is -2.32. The van der Waals surface area contributed by atoms with Crippen molar-refractivity contribution in [2.75, 3.05) is 11.9 Å². The van der Waals surface area contributed by atoms with Crippen molar-refractivity contribution in [3.63, 3.8) is 0 Å². The first-order chi connectivity index (χ1) is 15.9. The molecule has 0 unspecified atom stereocenters. The smallest absolute Gasteiger partial charge is 0.313 e. The Morgan fingerprint density at radius 2 is 1.91 bits per heavy atom. The molecule has 0 radical (unpaired) electrons. The lowest BCUT2D eigenvalue weighted by molar-refractivity contribution is -0.117. The summed E-state index contributed by atoms with van der Waals surface area (Å²) in [6.45, 7) is 5.40. The van der Waals surface area contributed by atoms with Crippen LogP contribution in [0.4, 0.5) is 5.82 Å². The van der Waals surface area contributed by atoms with Crippen molar-refractivity contribution in [1.82, 2.24) is 19.5 Å². The van der Waals surface area contributed by atoms with E-state index in [0.717, 1.165) is 16.5 Å². The monoisotopic (exact) mass is 446 g/mol. The molecule has 33 heavy (non-hydrogen) atoms. The number of benzene rings is 2. The van der Waals surface area contributed by atoms with E-state index in [2.05, 4.69) is 27.1 Å². The number of hydrogen-bond acceptors (Lipinski definition) is 7. The molecule has 2 aromatic carbocycles. The Labute approximate surface area is 188 Å². The molecule has 3 N–H and O–H groups in total. The summed E-state index contributed by atoms with van der Waals surface area (Å²) in [4.78, 5) is 33.8. The topological polar surface area (TPSA) is 135 Å². The van der Waals surface area contributed by atoms with E-state index in [-0.39, 0.29) is 35.2 Å². The molecule has 4 rings (SSSR count). The SMILES string of the molecule is C=NC(=O)Cc1ccc2c(cnn2-n2c(C)cnc(NCCc3ccc(O)c(O)c3)c2=O)c1. The van der Waals surface area contributed by atoms with Gasteiger partial charge in [-0.05, 0) is 55.5 Å². The summed E-state index contributed by atoms with van der Waals surface area (Å²) >= 11 is 0. The van der Waals surface area contributed by atoms with Gasteiger partial charge < -0.3 is 15.5 Å². The number of aromatic nitrogens is 4. The van der Waals surface area contributed by atoms with Gasteiger partial charge in [0.2, 0.25) is 5.91 Å². The number of phenolic OH excluding ortho intramolecular Hbond substituents is 2. The summed E-state index contributed by atoms with van der Waals surface area (Å²) < 4.78 is 1.42. The van der Waals surface area contributed by atoms with Gasteiger partial charge in [0.15, 0.2) is 17.3 Å². The number of rotatable bonds is 7. The Balaban J connectivity index is 1.59. The van der Waals surface area contributed by atoms with Gasteiger partial charge in [-0.25, -0.2) is 9.98 Å². The summed E-state index contributed by atoms with van der Waals surface area (Å²) in [6.07, 6.45) is 3.86. The number of phenols is 2. The maximum Gasteiger partial charge on any atom is 0.313 e. The van der Waals surface area contributed by atoms with Crippen LogP contribution in [0.3, 0.4) is 0 Å². The van der Waals surface area contributed by atoms with Crippen LogP contribution in [0.5, 0.6) is 11.5 Å². The predicted octanol–water partition coefficient (Wildman–Crippen LogP) is 2.05. The highest BCUT2D eigenvalue weighted by atomic mass is 16.3. The highest BCUT2D eigenvalue weighted by molar-refractivity contribution is 5.85. The Bertz CT molecular complexity index is 1420. The third kappa shape index (κ3) is 4.45. The molecule has 0 aliphatic carbocycles. The second-order valence-corrected chi connectivity index (χ2v) is 7.52. The number of aliphatic imine (C=N–C) groups is 1. The van der Waals surface area contributed by atoms with E-state index in [1.807, 2.05) is 6.07 Å². The molecule has 0 atom stereocenters. The van der Waals surface area contributed by atoms with Crippen molar-refractivity contribution in [2.45, 2.75) is 19.8 Å². The van der Waals surface area contributed by atoms with Gasteiger partial charge in [0.25, 0.3) is 0 Å². The van der Waals surface area contributed by atoms with Crippen LogP contribution in [0.15, 0.2) is 58.6 Å². The largest absolute Gasteiger partial charge is 0.504 e. The molecule has 0 saturated heterocycles. The molecule has 2 aromatic heterocycles. The van der Waals surface area contributed by atoms with Crippen LogP contribution in [0.2, 0.25) is 0 Å². The molecule has 0 saturated carbocycles. The quantitative estimate of drug-likeness (QED) is 0.292. The fraction of sp³-hybridized carbons (Fsp3) is 0.174. The van der Waals surface area contributed by atoms with Crippen LogP contribution in [0.1, 0.15) is 16.8 Å². The molecule has 0 aliphatic heterocycles. The number of hydrogen-bond donors (Lipinski definition) is 3. The van der Waals surface area contributed by atoms with Crippen LogP contribution in [-0.2, 0) is 17.6 Å². The number of nitrogens with one attached hydrogen (secondary N) is 1. The second kappa shape index (κ2) is 8.95. The van der Waals surface area contributed by atoms with Crippen molar-refractivity contribution < 1.29 is 15.0 Å². The average molecular weight is 446 g/mol. The number of anilines is 1. The van der Waals surface area contributed by atoms with Crippen molar-refractivity contribution >= 4 is 29.3 Å². The van der Waals surface area contributed by atoms with E-state index in [0.29, 0.717) is 24.2 Å². The van der Waals surface area contributed by atoms with Crippen LogP contribution < -0.4 is 10.9 Å². The minimum Gasteiger partial charge on any atom is -0.504 e. The number of aromatic hydroxyl groups is 2. The van der Waals surface area contributed by atoms with Gasteiger partial charge in [0.05, 0.1) is 30.0 Å². The predicted molar refractivity (Wildman–Crippen MR) is 124 cm³/mol. The Kier molecular flexibility index (Phi) is 5.90. The summed E-state index contributed by atoms with van der Waals surface area (Å²) in [5, 5.41) is 27.2. The number of aryl methyl sites for hydroxylation is 1. The van der Waals surface area contributed by atoms with Crippen LogP contribution >= 0.6 is 0 Å². The number of amides is 1. The summed E-state index contributed by atoms with van der Waals surface area (Å²) in [5.74, 6) is -0.535. The Morgan fingerprint density at radius 1 is 1.12 bits per heavy atom. The first kappa shape index (κ1) is 21.8. The van der Waals surface area contributed by atoms with Crippen molar-refractivity contribution in [3.05, 3.63) is 76.0 Å². The fourth-order valence-electron chi connectivity index (χ4n) is 3.50. The van der Waals surface area contributed by atoms with E-state index in [4.69, 9.17) is 0 Å². The molecule has 0 fully saturated rings. The molecule has 0 spiro atoms. The van der Waals surface area contributed by atoms with E-state index < -0.39 is 0 Å². The molecule has 10 heteroatoms. The maximum atomic E-state index is 13.2. The van der Waals surface area contributed by atoms with Gasteiger partial charge in [-0.3, -0.25) is 9.59 Å². The highest BCUT2D eigenvalue weighted by Crippen LogP contribution is 2.25. The molecule has 2 heterocycles. The Morgan fingerprint density at radius 3 is 2.67 bits per heavy atom. The molecule has 0 aliphatic rings. The standard InChI is InChI=1S/C23H22N6O4/c1-14-12-26-22(25-8-7-15-4-6-19(30)20(31)10-15)23(33)28(14)29-18-5-3-16(11-21(32)24-2)9-17(18)13-27-29/h3-6,9-10,12-13,30-31H,2,7-8,11H2,1H3,(H,25,26). The van der Waals surface area contributed by atoms with E-state index in [9.17, 15) is 19.8 Å². The van der Waals surface area contributed by atoms with Crippen LogP contribution in [0.25, 0.3) is 10.9 Å². The molecular formula is C23H22N6O4. The van der Waals surface area contributed by atoms with E-state index >= 15 is 0 Å². The number of carbonyl (C=O) groups is 1. The fourth-order valence-corrected chi connectivity index (χ4v) is 3.50. The third-order valence-electron chi connectivity index (χ3n) is 5.19. The molecule has 4 aromatic rings. The van der Waals surface area contributed by atoms with Gasteiger partial charge in [-0.2, -0.15) is 14.6 Å². The number of carbonyl (C=O) groups excluding carboxylic acids is 1. The van der Waals surface area contributed by atoms with E-state index in [1.54, 1.807) is 37.5 Å². The van der Waals surface area contributed by atoms with Gasteiger partial charge in [0, 0.05) is 11.9 Å². The summed E-state index contributed by atoms with van der Waals surface area (Å²) in [7, 11) is 0. The van der Waals surface area contributed by atoms with Crippen LogP contribution in [-0.4, -0.2) is 48.9 Å². The third-order valence-corrected chi connectivity index (χ3v) is 5.19. The first-order valence-corrected chi connectivity index (χ1v) is 10.2. The molecule has 0 bridgehead atoms. The highest BCUT2D eigenvalue weighted by Gasteiger charge is 2.14. The molecular weight excluding hydrogens is 424 g/mol. The van der Waals surface area contributed by atoms with Crippen molar-refractivity contribution in [3.8, 4) is 11.5 Å². The Hall–Kier alpha value is -4.47. The number of fused-ring (bicyclic) bond motifs is 1. The zero-order chi connectivity index (χ0) is 23.5. The van der Waals surface area contributed by atoms with Crippen molar-refractivity contribution in [2.24, 2.45) is 4.99 Å². The van der Waals surface area contributed by atoms with Gasteiger partial charge in [0.1, 0.15) is 0 Å². The average Bonchev–Trinajstić information content (AvgIpc) is 3.20. The van der Waals surface area contributed by atoms with Gasteiger partial charge in [-0.1, -0.05) is 12.1 Å². The van der Waals surface area contributed by atoms with Gasteiger partial charge in [-0.15, -0.1) is 0 Å². The normalized spacial score (nSPS) is 10.9. The minimum atomic E-state index is -0.372. The molecule has 1 amide bonds. The summed E-state index contributed by atoms with van der Waals surface area (Å²) in [5.41, 5.74) is 2.49. The van der Waals surface area contributed by atoms with Gasteiger partial charge >= 0.3 is 5.56 Å². The zero-order valence-corrected chi connectivity index (χ0v) is 17.9. The van der Waals surface area contributed by atoms with E-state index in [1.165, 1.54) is 21.6 Å².